The predicted octanol–water partition coefficient (Wildman–Crippen LogP) is 1.66. The molecule has 1 aromatic heterocycles. The highest BCUT2D eigenvalue weighted by Gasteiger charge is 2.53. The third kappa shape index (κ3) is 2.68. The lowest BCUT2D eigenvalue weighted by Gasteiger charge is -2.20. The van der Waals surface area contributed by atoms with Gasteiger partial charge >= 0.3 is 12.1 Å². The van der Waals surface area contributed by atoms with Crippen molar-refractivity contribution in [2.75, 3.05) is 18.0 Å². The largest absolute Gasteiger partial charge is 0.481 e. The van der Waals surface area contributed by atoms with Crippen molar-refractivity contribution in [1.82, 2.24) is 10.2 Å². The van der Waals surface area contributed by atoms with Crippen molar-refractivity contribution >= 4 is 11.8 Å². The van der Waals surface area contributed by atoms with E-state index in [0.29, 0.717) is 11.3 Å². The quantitative estimate of drug-likeness (QED) is 0.893. The zero-order valence-corrected chi connectivity index (χ0v) is 11.8. The summed E-state index contributed by atoms with van der Waals surface area (Å²) in [5.74, 6) is -5.10. The molecular weight excluding hydrogens is 301 g/mol. The molecule has 0 spiro atoms. The van der Waals surface area contributed by atoms with Crippen molar-refractivity contribution in [1.29, 1.82) is 5.26 Å². The fraction of sp³-hybridized carbons (Fsp3) is 0.538. The highest BCUT2D eigenvalue weighted by Crippen LogP contribution is 2.39. The van der Waals surface area contributed by atoms with E-state index in [4.69, 9.17) is 5.11 Å². The second-order valence-corrected chi connectivity index (χ2v) is 5.22. The molecule has 0 aliphatic carbocycles. The number of aromatic nitrogens is 2. The van der Waals surface area contributed by atoms with Gasteiger partial charge in [-0.2, -0.15) is 23.5 Å². The molecule has 1 N–H and O–H groups in total. The number of alkyl halides is 3. The molecule has 0 saturated carbocycles. The molecule has 1 aliphatic heterocycles. The van der Waals surface area contributed by atoms with Crippen LogP contribution in [0.15, 0.2) is 0 Å². The number of carboxylic acids is 1. The Balaban J connectivity index is 2.42. The normalized spacial score (nSPS) is 21.7. The average Bonchev–Trinajstić information content (AvgIpc) is 2.86. The van der Waals surface area contributed by atoms with Crippen LogP contribution < -0.4 is 4.90 Å². The number of hydrogen-bond acceptors (Lipinski definition) is 5. The molecule has 2 rings (SSSR count). The first kappa shape index (κ1) is 16.0. The van der Waals surface area contributed by atoms with Gasteiger partial charge in [0.25, 0.3) is 0 Å². The van der Waals surface area contributed by atoms with Crippen molar-refractivity contribution < 1.29 is 23.1 Å². The van der Waals surface area contributed by atoms with E-state index in [9.17, 15) is 23.2 Å². The molecule has 0 aromatic carbocycles. The van der Waals surface area contributed by atoms with E-state index in [1.807, 2.05) is 6.07 Å². The Kier molecular flexibility index (Phi) is 3.96. The van der Waals surface area contributed by atoms with E-state index < -0.39 is 30.5 Å². The second-order valence-electron chi connectivity index (χ2n) is 5.22. The molecule has 0 bridgehead atoms. The summed E-state index contributed by atoms with van der Waals surface area (Å²) < 4.78 is 39.0. The fourth-order valence-electron chi connectivity index (χ4n) is 2.51. The van der Waals surface area contributed by atoms with E-state index in [1.54, 1.807) is 13.8 Å². The van der Waals surface area contributed by atoms with Crippen LogP contribution in [0.2, 0.25) is 0 Å². The van der Waals surface area contributed by atoms with Gasteiger partial charge in [-0.3, -0.25) is 4.79 Å². The molecule has 1 saturated heterocycles. The Bertz CT molecular complexity index is 654. The Labute approximate surface area is 124 Å². The van der Waals surface area contributed by atoms with Gasteiger partial charge in [-0.1, -0.05) is 0 Å². The topological polar surface area (TPSA) is 90.1 Å². The summed E-state index contributed by atoms with van der Waals surface area (Å²) in [6, 6.07) is 1.91. The summed E-state index contributed by atoms with van der Waals surface area (Å²) in [6.07, 6.45) is -4.63. The van der Waals surface area contributed by atoms with Crippen molar-refractivity contribution in [3.8, 4) is 6.07 Å². The lowest BCUT2D eigenvalue weighted by Crippen LogP contribution is -2.33. The smallest absolute Gasteiger partial charge is 0.394 e. The van der Waals surface area contributed by atoms with Gasteiger partial charge in [-0.15, -0.1) is 5.10 Å². The van der Waals surface area contributed by atoms with Gasteiger partial charge in [0.2, 0.25) is 0 Å². The van der Waals surface area contributed by atoms with Gasteiger partial charge in [-0.25, -0.2) is 0 Å². The minimum atomic E-state index is -4.63. The van der Waals surface area contributed by atoms with E-state index >= 15 is 0 Å². The predicted molar refractivity (Wildman–Crippen MR) is 69.1 cm³/mol. The lowest BCUT2D eigenvalue weighted by atomic mass is 9.96. The van der Waals surface area contributed by atoms with Crippen LogP contribution in [0.3, 0.4) is 0 Å². The molecule has 0 radical (unpaired) electrons. The highest BCUT2D eigenvalue weighted by molar-refractivity contribution is 5.73. The van der Waals surface area contributed by atoms with Crippen LogP contribution in [-0.2, 0) is 4.79 Å². The first-order valence-electron chi connectivity index (χ1n) is 6.45. The number of carbonyl (C=O) groups is 1. The van der Waals surface area contributed by atoms with Crippen molar-refractivity contribution in [2.24, 2.45) is 11.8 Å². The number of hydrogen-bond donors (Lipinski definition) is 1. The number of aliphatic carboxylic acids is 1. The van der Waals surface area contributed by atoms with Gasteiger partial charge in [0, 0.05) is 13.1 Å². The summed E-state index contributed by atoms with van der Waals surface area (Å²) >= 11 is 0. The van der Waals surface area contributed by atoms with Crippen LogP contribution in [-0.4, -0.2) is 40.5 Å². The van der Waals surface area contributed by atoms with Gasteiger partial charge in [0.15, 0.2) is 5.82 Å². The van der Waals surface area contributed by atoms with Gasteiger partial charge < -0.3 is 10.0 Å². The molecule has 1 aliphatic rings. The third-order valence-electron chi connectivity index (χ3n) is 3.90. The maximum atomic E-state index is 13.0. The fourth-order valence-corrected chi connectivity index (χ4v) is 2.51. The molecular formula is C13H13F3N4O2. The molecule has 1 fully saturated rings. The molecule has 2 atom stereocenters. The first-order chi connectivity index (χ1) is 10.2. The molecule has 6 nitrogen and oxygen atoms in total. The first-order valence-corrected chi connectivity index (χ1v) is 6.45. The summed E-state index contributed by atoms with van der Waals surface area (Å²) in [4.78, 5) is 12.3. The Hall–Kier alpha value is -2.37. The number of carboxylic acid groups (broad SMARTS) is 1. The molecule has 0 unspecified atom stereocenters. The molecule has 0 amide bonds. The summed E-state index contributed by atoms with van der Waals surface area (Å²) in [5, 5.41) is 25.8. The summed E-state index contributed by atoms with van der Waals surface area (Å²) in [6.45, 7) is 2.35. The SMILES string of the molecule is Cc1nnc(N2C[C@@H](C(F)(F)F)[C@H](C(=O)O)C2)c(C#N)c1C. The van der Waals surface area contributed by atoms with E-state index in [0.717, 1.165) is 0 Å². The van der Waals surface area contributed by atoms with Gasteiger partial charge in [-0.05, 0) is 19.4 Å². The van der Waals surface area contributed by atoms with Crippen molar-refractivity contribution in [2.45, 2.75) is 20.0 Å². The maximum absolute atomic E-state index is 13.0. The van der Waals surface area contributed by atoms with Crippen molar-refractivity contribution in [3.05, 3.63) is 16.8 Å². The minimum absolute atomic E-state index is 0.00333. The van der Waals surface area contributed by atoms with Crippen molar-refractivity contribution in [3.63, 3.8) is 0 Å². The van der Waals surface area contributed by atoms with Crippen LogP contribution in [0.25, 0.3) is 0 Å². The standard InChI is InChI=1S/C13H13F3N4O2/c1-6-7(2)18-19-11(8(6)3-17)20-4-9(12(21)22)10(5-20)13(14,15)16/h9-10H,4-5H2,1-2H3,(H,21,22)/t9-,10-/m1/s1. The summed E-state index contributed by atoms with van der Waals surface area (Å²) in [5.41, 5.74) is 1.15. The molecule has 118 valence electrons. The maximum Gasteiger partial charge on any atom is 0.394 e. The number of nitrogens with zero attached hydrogens (tertiary/aromatic N) is 4. The van der Waals surface area contributed by atoms with E-state index in [2.05, 4.69) is 10.2 Å². The number of nitriles is 1. The Morgan fingerprint density at radius 3 is 2.45 bits per heavy atom. The number of anilines is 1. The average molecular weight is 314 g/mol. The minimum Gasteiger partial charge on any atom is -0.481 e. The second kappa shape index (κ2) is 5.44. The Morgan fingerprint density at radius 1 is 1.36 bits per heavy atom. The molecule has 22 heavy (non-hydrogen) atoms. The Morgan fingerprint density at radius 2 is 2.00 bits per heavy atom. The number of aryl methyl sites for hydroxylation is 1. The van der Waals surface area contributed by atoms with Crippen LogP contribution in [0.5, 0.6) is 0 Å². The van der Waals surface area contributed by atoms with E-state index in [1.165, 1.54) is 4.90 Å². The highest BCUT2D eigenvalue weighted by atomic mass is 19.4. The molecule has 1 aromatic rings. The third-order valence-corrected chi connectivity index (χ3v) is 3.90. The van der Waals surface area contributed by atoms with Gasteiger partial charge in [0.05, 0.1) is 17.5 Å². The monoisotopic (exact) mass is 314 g/mol. The number of rotatable bonds is 2. The lowest BCUT2D eigenvalue weighted by molar-refractivity contribution is -0.187. The van der Waals surface area contributed by atoms with E-state index in [-0.39, 0.29) is 17.9 Å². The summed E-state index contributed by atoms with van der Waals surface area (Å²) in [7, 11) is 0. The molecule has 2 heterocycles. The zero-order chi connectivity index (χ0) is 16.7. The molecule has 9 heteroatoms. The van der Waals surface area contributed by atoms with Crippen LogP contribution in [0.4, 0.5) is 19.0 Å². The van der Waals surface area contributed by atoms with Crippen LogP contribution in [0, 0.1) is 37.0 Å². The van der Waals surface area contributed by atoms with Crippen LogP contribution in [0.1, 0.15) is 16.8 Å². The van der Waals surface area contributed by atoms with Crippen LogP contribution >= 0.6 is 0 Å². The number of halogens is 3. The van der Waals surface area contributed by atoms with Gasteiger partial charge in [0.1, 0.15) is 11.6 Å². The zero-order valence-electron chi connectivity index (χ0n) is 11.8.